The Morgan fingerprint density at radius 2 is 2.26 bits per heavy atom. The Bertz CT molecular complexity index is 516. The Balaban J connectivity index is 1.50. The average molecular weight is 337 g/mol. The predicted molar refractivity (Wildman–Crippen MR) is 92.6 cm³/mol. The highest BCUT2D eigenvalue weighted by molar-refractivity contribution is 7.10. The summed E-state index contributed by atoms with van der Waals surface area (Å²) in [6, 6.07) is 4.51. The van der Waals surface area contributed by atoms with Gasteiger partial charge in [-0.3, -0.25) is 4.90 Å². The van der Waals surface area contributed by atoms with Crippen LogP contribution in [0, 0.1) is 5.92 Å². The second-order valence-electron chi connectivity index (χ2n) is 6.98. The van der Waals surface area contributed by atoms with Gasteiger partial charge in [-0.25, -0.2) is 4.79 Å². The number of thiophene rings is 1. The summed E-state index contributed by atoms with van der Waals surface area (Å²) < 4.78 is 0. The van der Waals surface area contributed by atoms with E-state index in [9.17, 15) is 9.90 Å². The molecule has 5 nitrogen and oxygen atoms in total. The molecule has 3 N–H and O–H groups in total. The van der Waals surface area contributed by atoms with Gasteiger partial charge in [-0.2, -0.15) is 0 Å². The van der Waals surface area contributed by atoms with Gasteiger partial charge in [0.15, 0.2) is 0 Å². The number of nitrogens with zero attached hydrogens (tertiary/aromatic N) is 1. The van der Waals surface area contributed by atoms with Gasteiger partial charge in [-0.1, -0.05) is 6.07 Å². The van der Waals surface area contributed by atoms with E-state index in [1.54, 1.807) is 11.3 Å². The molecule has 0 spiro atoms. The molecule has 1 aliphatic carbocycles. The Hall–Kier alpha value is -1.11. The van der Waals surface area contributed by atoms with Crippen molar-refractivity contribution in [1.29, 1.82) is 0 Å². The Morgan fingerprint density at radius 1 is 1.43 bits per heavy atom. The highest BCUT2D eigenvalue weighted by atomic mass is 32.1. The molecule has 0 aromatic carbocycles. The van der Waals surface area contributed by atoms with Gasteiger partial charge in [0, 0.05) is 24.0 Å². The minimum absolute atomic E-state index is 0.163. The van der Waals surface area contributed by atoms with Crippen LogP contribution in [0.15, 0.2) is 17.5 Å². The third kappa shape index (κ3) is 4.05. The van der Waals surface area contributed by atoms with E-state index >= 15 is 0 Å². The molecular formula is C17H27N3O2S. The van der Waals surface area contributed by atoms with Gasteiger partial charge in [0.1, 0.15) is 0 Å². The van der Waals surface area contributed by atoms with Crippen LogP contribution in [0.5, 0.6) is 0 Å². The summed E-state index contributed by atoms with van der Waals surface area (Å²) >= 11 is 1.79. The van der Waals surface area contributed by atoms with Crippen LogP contribution in [0.1, 0.15) is 43.0 Å². The molecule has 1 saturated heterocycles. The van der Waals surface area contributed by atoms with Crippen LogP contribution < -0.4 is 10.6 Å². The first-order valence-electron chi connectivity index (χ1n) is 8.55. The number of hydrogen-bond acceptors (Lipinski definition) is 4. The number of likely N-dealkylation sites (tertiary alicyclic amines) is 1. The second kappa shape index (κ2) is 7.20. The SMILES string of the molecule is CN1CCCC(CNC(=O)NCC2(O)CCC2)C1c1cccs1. The van der Waals surface area contributed by atoms with E-state index in [1.165, 1.54) is 11.3 Å². The zero-order valence-electron chi connectivity index (χ0n) is 13.8. The summed E-state index contributed by atoms with van der Waals surface area (Å²) in [4.78, 5) is 15.8. The zero-order chi connectivity index (χ0) is 16.3. The lowest BCUT2D eigenvalue weighted by Gasteiger charge is -2.39. The maximum Gasteiger partial charge on any atom is 0.314 e. The third-order valence-electron chi connectivity index (χ3n) is 5.23. The van der Waals surface area contributed by atoms with Crippen LogP contribution in [0.4, 0.5) is 4.79 Å². The van der Waals surface area contributed by atoms with Crippen LogP contribution in [0.3, 0.4) is 0 Å². The van der Waals surface area contributed by atoms with Crippen molar-refractivity contribution in [2.24, 2.45) is 5.92 Å². The van der Waals surface area contributed by atoms with Crippen molar-refractivity contribution in [3.8, 4) is 0 Å². The topological polar surface area (TPSA) is 64.6 Å². The summed E-state index contributed by atoms with van der Waals surface area (Å²) in [5, 5.41) is 18.0. The molecule has 128 valence electrons. The van der Waals surface area contributed by atoms with E-state index in [4.69, 9.17) is 0 Å². The minimum atomic E-state index is -0.665. The molecule has 1 aromatic heterocycles. The van der Waals surface area contributed by atoms with Crippen LogP contribution in [-0.4, -0.2) is 48.3 Å². The molecule has 23 heavy (non-hydrogen) atoms. The number of urea groups is 1. The molecule has 1 aliphatic heterocycles. The molecule has 3 rings (SSSR count). The molecule has 0 radical (unpaired) electrons. The van der Waals surface area contributed by atoms with Gasteiger partial charge in [-0.15, -0.1) is 11.3 Å². The third-order valence-corrected chi connectivity index (χ3v) is 6.17. The highest BCUT2D eigenvalue weighted by Crippen LogP contribution is 2.36. The van der Waals surface area contributed by atoms with Gasteiger partial charge in [-0.05, 0) is 63.1 Å². The van der Waals surface area contributed by atoms with Crippen molar-refractivity contribution < 1.29 is 9.90 Å². The van der Waals surface area contributed by atoms with E-state index in [0.29, 0.717) is 25.0 Å². The number of carbonyl (C=O) groups is 1. The lowest BCUT2D eigenvalue weighted by atomic mass is 9.80. The van der Waals surface area contributed by atoms with E-state index in [1.807, 2.05) is 0 Å². The molecular weight excluding hydrogens is 310 g/mol. The Morgan fingerprint density at radius 3 is 2.91 bits per heavy atom. The fourth-order valence-electron chi connectivity index (χ4n) is 3.68. The normalized spacial score (nSPS) is 27.2. The molecule has 6 heteroatoms. The van der Waals surface area contributed by atoms with E-state index in [2.05, 4.69) is 40.1 Å². The average Bonchev–Trinajstić information content (AvgIpc) is 3.03. The Kier molecular flexibility index (Phi) is 5.24. The van der Waals surface area contributed by atoms with Crippen molar-refractivity contribution in [3.63, 3.8) is 0 Å². The summed E-state index contributed by atoms with van der Waals surface area (Å²) in [5.74, 6) is 0.435. The van der Waals surface area contributed by atoms with Crippen molar-refractivity contribution in [1.82, 2.24) is 15.5 Å². The molecule has 2 atom stereocenters. The van der Waals surface area contributed by atoms with E-state index in [-0.39, 0.29) is 6.03 Å². The lowest BCUT2D eigenvalue weighted by molar-refractivity contribution is -0.0290. The van der Waals surface area contributed by atoms with Crippen molar-refractivity contribution in [3.05, 3.63) is 22.4 Å². The lowest BCUT2D eigenvalue weighted by Crippen LogP contribution is -2.51. The first kappa shape index (κ1) is 16.7. The smallest absolute Gasteiger partial charge is 0.314 e. The maximum atomic E-state index is 12.0. The summed E-state index contributed by atoms with van der Waals surface area (Å²) in [5.41, 5.74) is -0.665. The molecule has 2 unspecified atom stereocenters. The van der Waals surface area contributed by atoms with E-state index in [0.717, 1.165) is 32.2 Å². The molecule has 0 bridgehead atoms. The van der Waals surface area contributed by atoms with Gasteiger partial charge < -0.3 is 15.7 Å². The largest absolute Gasteiger partial charge is 0.388 e. The van der Waals surface area contributed by atoms with Gasteiger partial charge >= 0.3 is 6.03 Å². The fourth-order valence-corrected chi connectivity index (χ4v) is 4.66. The van der Waals surface area contributed by atoms with Crippen LogP contribution in [-0.2, 0) is 0 Å². The molecule has 2 amide bonds. The minimum Gasteiger partial charge on any atom is -0.388 e. The number of piperidine rings is 1. The van der Waals surface area contributed by atoms with Gasteiger partial charge in [0.25, 0.3) is 0 Å². The monoisotopic (exact) mass is 337 g/mol. The Labute approximate surface area is 142 Å². The number of hydrogen-bond donors (Lipinski definition) is 3. The van der Waals surface area contributed by atoms with E-state index < -0.39 is 5.60 Å². The molecule has 2 aliphatic rings. The van der Waals surface area contributed by atoms with Crippen LogP contribution in [0.25, 0.3) is 0 Å². The first-order valence-corrected chi connectivity index (χ1v) is 9.43. The quantitative estimate of drug-likeness (QED) is 0.773. The fraction of sp³-hybridized carbons (Fsp3) is 0.706. The molecule has 2 fully saturated rings. The number of carbonyl (C=O) groups excluding carboxylic acids is 1. The van der Waals surface area contributed by atoms with Gasteiger partial charge in [0.2, 0.25) is 0 Å². The summed E-state index contributed by atoms with van der Waals surface area (Å²) in [7, 11) is 2.17. The number of rotatable bonds is 5. The van der Waals surface area contributed by atoms with Crippen molar-refractivity contribution in [2.45, 2.75) is 43.7 Å². The molecule has 2 heterocycles. The van der Waals surface area contributed by atoms with Gasteiger partial charge in [0.05, 0.1) is 5.60 Å². The number of aliphatic hydroxyl groups is 1. The van der Waals surface area contributed by atoms with Crippen LogP contribution in [0.2, 0.25) is 0 Å². The molecule has 1 aromatic rings. The summed E-state index contributed by atoms with van der Waals surface area (Å²) in [6.07, 6.45) is 4.95. The predicted octanol–water partition coefficient (Wildman–Crippen LogP) is 2.35. The van der Waals surface area contributed by atoms with Crippen molar-refractivity contribution >= 4 is 17.4 Å². The first-order chi connectivity index (χ1) is 11.1. The standard InChI is InChI=1S/C17H27N3O2S/c1-20-9-2-5-13(15(20)14-6-3-10-23-14)11-18-16(21)19-12-17(22)7-4-8-17/h3,6,10,13,15,22H,2,4-5,7-9,11-12H2,1H3,(H2,18,19,21). The summed E-state index contributed by atoms with van der Waals surface area (Å²) in [6.45, 7) is 2.15. The zero-order valence-corrected chi connectivity index (χ0v) is 14.6. The molecule has 1 saturated carbocycles. The van der Waals surface area contributed by atoms with Crippen molar-refractivity contribution in [2.75, 3.05) is 26.7 Å². The second-order valence-corrected chi connectivity index (χ2v) is 7.96. The highest BCUT2D eigenvalue weighted by Gasteiger charge is 2.35. The number of nitrogens with one attached hydrogen (secondary N) is 2. The van der Waals surface area contributed by atoms with Crippen LogP contribution >= 0.6 is 11.3 Å². The number of amides is 2. The maximum absolute atomic E-state index is 12.0.